The second-order valence-electron chi connectivity index (χ2n) is 3.71. The molecule has 0 spiro atoms. The molecule has 0 aromatic heterocycles. The van der Waals surface area contributed by atoms with Gasteiger partial charge in [-0.2, -0.15) is 0 Å². The zero-order valence-electron chi connectivity index (χ0n) is 9.62. The first-order valence-corrected chi connectivity index (χ1v) is 6.66. The number of nitro benzene ring substituents is 1. The van der Waals surface area contributed by atoms with Gasteiger partial charge in [0, 0.05) is 13.1 Å². The number of nitrogens with zero attached hydrogens (tertiary/aromatic N) is 2. The van der Waals surface area contributed by atoms with Crippen molar-refractivity contribution in [2.75, 3.05) is 7.05 Å². The molecular formula is C11H7BrN2O4S. The maximum absolute atomic E-state index is 11.7. The van der Waals surface area contributed by atoms with E-state index in [0.717, 1.165) is 16.7 Å². The highest BCUT2D eigenvalue weighted by Crippen LogP contribution is 2.32. The minimum absolute atomic E-state index is 0.0931. The Morgan fingerprint density at radius 2 is 2.11 bits per heavy atom. The van der Waals surface area contributed by atoms with E-state index in [1.165, 1.54) is 25.3 Å². The third kappa shape index (κ3) is 2.69. The standard InChI is InChI=1S/C11H7BrN2O4S/c1-13-10(15)9(19-11(13)16)5-6-2-3-7(12)8(4-6)14(17)18/h2-5H,1H3/b9-5-. The molecule has 0 aliphatic carbocycles. The third-order valence-electron chi connectivity index (χ3n) is 2.45. The average molecular weight is 343 g/mol. The minimum Gasteiger partial charge on any atom is -0.272 e. The van der Waals surface area contributed by atoms with E-state index < -0.39 is 10.8 Å². The molecule has 6 nitrogen and oxygen atoms in total. The van der Waals surface area contributed by atoms with E-state index in [9.17, 15) is 19.7 Å². The number of hydrogen-bond acceptors (Lipinski definition) is 5. The molecule has 0 bridgehead atoms. The van der Waals surface area contributed by atoms with Gasteiger partial charge in [-0.3, -0.25) is 24.6 Å². The lowest BCUT2D eigenvalue weighted by atomic mass is 10.2. The number of halogens is 1. The number of likely N-dealkylation sites (N-methyl/N-ethyl adjacent to an activating group) is 1. The fourth-order valence-electron chi connectivity index (χ4n) is 1.46. The van der Waals surface area contributed by atoms with Crippen molar-refractivity contribution in [3.05, 3.63) is 43.3 Å². The van der Waals surface area contributed by atoms with Crippen LogP contribution in [0.25, 0.3) is 6.08 Å². The fourth-order valence-corrected chi connectivity index (χ4v) is 2.67. The van der Waals surface area contributed by atoms with Gasteiger partial charge < -0.3 is 0 Å². The fraction of sp³-hybridized carbons (Fsp3) is 0.0909. The zero-order chi connectivity index (χ0) is 14.2. The Morgan fingerprint density at radius 1 is 1.42 bits per heavy atom. The van der Waals surface area contributed by atoms with Crippen molar-refractivity contribution < 1.29 is 14.5 Å². The van der Waals surface area contributed by atoms with Gasteiger partial charge in [-0.1, -0.05) is 6.07 Å². The van der Waals surface area contributed by atoms with E-state index in [1.54, 1.807) is 6.07 Å². The molecule has 1 aliphatic heterocycles. The monoisotopic (exact) mass is 342 g/mol. The molecule has 1 saturated heterocycles. The van der Waals surface area contributed by atoms with Crippen molar-refractivity contribution in [1.29, 1.82) is 0 Å². The van der Waals surface area contributed by atoms with Gasteiger partial charge in [0.1, 0.15) is 0 Å². The van der Waals surface area contributed by atoms with Crippen LogP contribution in [0.2, 0.25) is 0 Å². The van der Waals surface area contributed by atoms with Crippen LogP contribution in [-0.2, 0) is 4.79 Å². The SMILES string of the molecule is CN1C(=O)S/C(=C\c2ccc(Br)c([N+](=O)[O-])c2)C1=O. The molecule has 0 N–H and O–H groups in total. The van der Waals surface area contributed by atoms with Crippen LogP contribution in [0.3, 0.4) is 0 Å². The summed E-state index contributed by atoms with van der Waals surface area (Å²) < 4.78 is 0.359. The van der Waals surface area contributed by atoms with Gasteiger partial charge in [0.2, 0.25) is 0 Å². The van der Waals surface area contributed by atoms with Gasteiger partial charge in [0.15, 0.2) is 0 Å². The van der Waals surface area contributed by atoms with Crippen molar-refractivity contribution in [2.45, 2.75) is 0 Å². The molecular weight excluding hydrogens is 336 g/mol. The molecule has 0 radical (unpaired) electrons. The van der Waals surface area contributed by atoms with E-state index in [0.29, 0.717) is 10.0 Å². The number of thioether (sulfide) groups is 1. The van der Waals surface area contributed by atoms with Crippen molar-refractivity contribution in [3.8, 4) is 0 Å². The summed E-state index contributed by atoms with van der Waals surface area (Å²) in [4.78, 5) is 34.5. The predicted octanol–water partition coefficient (Wildman–Crippen LogP) is 3.02. The highest BCUT2D eigenvalue weighted by Gasteiger charge is 2.31. The average Bonchev–Trinajstić information content (AvgIpc) is 2.59. The molecule has 1 aliphatic rings. The summed E-state index contributed by atoms with van der Waals surface area (Å²) in [5.41, 5.74) is 0.401. The summed E-state index contributed by atoms with van der Waals surface area (Å²) in [7, 11) is 1.39. The molecule has 8 heteroatoms. The molecule has 1 aromatic rings. The van der Waals surface area contributed by atoms with Crippen LogP contribution in [0.15, 0.2) is 27.6 Å². The minimum atomic E-state index is -0.521. The Morgan fingerprint density at radius 3 is 2.63 bits per heavy atom. The highest BCUT2D eigenvalue weighted by atomic mass is 79.9. The summed E-state index contributed by atoms with van der Waals surface area (Å²) in [6.07, 6.45) is 1.47. The topological polar surface area (TPSA) is 80.5 Å². The first kappa shape index (κ1) is 13.8. The van der Waals surface area contributed by atoms with Crippen LogP contribution in [0, 0.1) is 10.1 Å². The van der Waals surface area contributed by atoms with E-state index in [1.807, 2.05) is 0 Å². The molecule has 1 fully saturated rings. The lowest BCUT2D eigenvalue weighted by molar-refractivity contribution is -0.385. The van der Waals surface area contributed by atoms with Crippen LogP contribution in [0.5, 0.6) is 0 Å². The molecule has 1 aromatic carbocycles. The quantitative estimate of drug-likeness (QED) is 0.468. The molecule has 1 heterocycles. The largest absolute Gasteiger partial charge is 0.293 e. The second kappa shape index (κ2) is 5.14. The van der Waals surface area contributed by atoms with Gasteiger partial charge in [-0.15, -0.1) is 0 Å². The maximum Gasteiger partial charge on any atom is 0.293 e. The van der Waals surface area contributed by atoms with E-state index >= 15 is 0 Å². The lowest BCUT2D eigenvalue weighted by Gasteiger charge is -2.01. The Kier molecular flexibility index (Phi) is 3.72. The molecule has 19 heavy (non-hydrogen) atoms. The molecule has 2 rings (SSSR count). The molecule has 2 amide bonds. The number of hydrogen-bond donors (Lipinski definition) is 0. The number of rotatable bonds is 2. The third-order valence-corrected chi connectivity index (χ3v) is 4.08. The molecule has 0 saturated carbocycles. The molecule has 0 atom stereocenters. The normalized spacial score (nSPS) is 17.4. The van der Waals surface area contributed by atoms with Crippen molar-refractivity contribution >= 4 is 50.6 Å². The van der Waals surface area contributed by atoms with Crippen LogP contribution < -0.4 is 0 Å². The van der Waals surface area contributed by atoms with Gasteiger partial charge >= 0.3 is 0 Å². The number of carbonyl (C=O) groups excluding carboxylic acids is 2. The lowest BCUT2D eigenvalue weighted by Crippen LogP contribution is -2.22. The number of benzene rings is 1. The van der Waals surface area contributed by atoms with Crippen LogP contribution in [0.4, 0.5) is 10.5 Å². The van der Waals surface area contributed by atoms with E-state index in [-0.39, 0.29) is 15.8 Å². The molecule has 98 valence electrons. The van der Waals surface area contributed by atoms with E-state index in [2.05, 4.69) is 15.9 Å². The molecule has 0 unspecified atom stereocenters. The Bertz CT molecular complexity index is 629. The first-order chi connectivity index (χ1) is 8.90. The smallest absolute Gasteiger partial charge is 0.272 e. The summed E-state index contributed by atoms with van der Waals surface area (Å²) in [5.74, 6) is -0.402. The summed E-state index contributed by atoms with van der Waals surface area (Å²) in [6.45, 7) is 0. The zero-order valence-corrected chi connectivity index (χ0v) is 12.0. The summed E-state index contributed by atoms with van der Waals surface area (Å²) in [5, 5.41) is 10.4. The highest BCUT2D eigenvalue weighted by molar-refractivity contribution is 9.10. The van der Waals surface area contributed by atoms with Gasteiger partial charge in [-0.05, 0) is 45.4 Å². The van der Waals surface area contributed by atoms with Crippen molar-refractivity contribution in [1.82, 2.24) is 4.90 Å². The van der Waals surface area contributed by atoms with Crippen LogP contribution >= 0.6 is 27.7 Å². The summed E-state index contributed by atoms with van der Waals surface area (Å²) >= 11 is 3.89. The number of carbonyl (C=O) groups is 2. The predicted molar refractivity (Wildman–Crippen MR) is 74.5 cm³/mol. The van der Waals surface area contributed by atoms with Gasteiger partial charge in [-0.25, -0.2) is 0 Å². The van der Waals surface area contributed by atoms with Gasteiger partial charge in [0.05, 0.1) is 14.3 Å². The number of nitro groups is 1. The van der Waals surface area contributed by atoms with Crippen molar-refractivity contribution in [3.63, 3.8) is 0 Å². The van der Waals surface area contributed by atoms with Crippen molar-refractivity contribution in [2.24, 2.45) is 0 Å². The second-order valence-corrected chi connectivity index (χ2v) is 5.56. The number of imide groups is 1. The van der Waals surface area contributed by atoms with Crippen LogP contribution in [-0.4, -0.2) is 28.0 Å². The Balaban J connectivity index is 2.39. The van der Waals surface area contributed by atoms with E-state index in [4.69, 9.17) is 0 Å². The van der Waals surface area contributed by atoms with Crippen LogP contribution in [0.1, 0.15) is 5.56 Å². The summed E-state index contributed by atoms with van der Waals surface area (Å²) in [6, 6.07) is 4.49. The maximum atomic E-state index is 11.7. The first-order valence-electron chi connectivity index (χ1n) is 5.05. The Labute approximate surface area is 120 Å². The number of amides is 2. The van der Waals surface area contributed by atoms with Gasteiger partial charge in [0.25, 0.3) is 16.8 Å². The Hall–Kier alpha value is -1.67.